The van der Waals surface area contributed by atoms with Gasteiger partial charge in [-0.05, 0) is 37.1 Å². The molecule has 0 unspecified atom stereocenters. The molecule has 4 nitrogen and oxygen atoms in total. The third kappa shape index (κ3) is 1.90. The molecule has 14 heavy (non-hydrogen) atoms. The predicted octanol–water partition coefficient (Wildman–Crippen LogP) is 0.971. The van der Waals surface area contributed by atoms with Gasteiger partial charge in [-0.15, -0.1) is 0 Å². The summed E-state index contributed by atoms with van der Waals surface area (Å²) in [5.41, 5.74) is 7.98. The first kappa shape index (κ1) is 10.2. The molecule has 0 atom stereocenters. The number of carbonyl (C=O) groups is 2. The van der Waals surface area contributed by atoms with Crippen molar-refractivity contribution in [2.45, 2.75) is 13.8 Å². The Morgan fingerprint density at radius 3 is 2.21 bits per heavy atom. The number of primary amides is 1. The van der Waals surface area contributed by atoms with Crippen LogP contribution in [0.4, 0.5) is 5.69 Å². The lowest BCUT2D eigenvalue weighted by Gasteiger charge is -2.09. The fourth-order valence-corrected chi connectivity index (χ4v) is 1.39. The minimum absolute atomic E-state index is 0.455. The Bertz CT molecular complexity index is 363. The van der Waals surface area contributed by atoms with Gasteiger partial charge in [0.25, 0.3) is 0 Å². The number of rotatable bonds is 3. The van der Waals surface area contributed by atoms with Gasteiger partial charge < -0.3 is 11.1 Å². The van der Waals surface area contributed by atoms with Crippen molar-refractivity contribution >= 4 is 18.0 Å². The van der Waals surface area contributed by atoms with Gasteiger partial charge in [-0.2, -0.15) is 0 Å². The number of nitrogens with one attached hydrogen (secondary N) is 1. The molecule has 1 rings (SSSR count). The van der Waals surface area contributed by atoms with Crippen molar-refractivity contribution in [3.05, 3.63) is 28.8 Å². The minimum Gasteiger partial charge on any atom is -0.366 e. The maximum absolute atomic E-state index is 10.9. The van der Waals surface area contributed by atoms with Crippen LogP contribution in [0.2, 0.25) is 0 Å². The van der Waals surface area contributed by atoms with E-state index in [2.05, 4.69) is 5.32 Å². The summed E-state index contributed by atoms with van der Waals surface area (Å²) in [4.78, 5) is 21.2. The zero-order chi connectivity index (χ0) is 10.7. The van der Waals surface area contributed by atoms with Crippen LogP contribution in [0.1, 0.15) is 21.5 Å². The van der Waals surface area contributed by atoms with Crippen molar-refractivity contribution in [1.29, 1.82) is 0 Å². The average Bonchev–Trinajstić information content (AvgIpc) is 2.10. The molecule has 0 aliphatic carbocycles. The first-order valence-electron chi connectivity index (χ1n) is 4.17. The predicted molar refractivity (Wildman–Crippen MR) is 54.1 cm³/mol. The van der Waals surface area contributed by atoms with E-state index in [1.807, 2.05) is 13.8 Å². The highest BCUT2D eigenvalue weighted by Gasteiger charge is 2.07. The summed E-state index contributed by atoms with van der Waals surface area (Å²) in [5, 5.41) is 2.58. The van der Waals surface area contributed by atoms with Crippen LogP contribution in [0.15, 0.2) is 12.1 Å². The number of hydrogen-bond donors (Lipinski definition) is 2. The number of anilines is 1. The molecule has 2 amide bonds. The zero-order valence-electron chi connectivity index (χ0n) is 8.13. The second-order valence-corrected chi connectivity index (χ2v) is 3.11. The fourth-order valence-electron chi connectivity index (χ4n) is 1.39. The molecule has 0 saturated heterocycles. The van der Waals surface area contributed by atoms with E-state index in [1.54, 1.807) is 12.1 Å². The third-order valence-electron chi connectivity index (χ3n) is 2.02. The van der Waals surface area contributed by atoms with Crippen LogP contribution in [0.5, 0.6) is 0 Å². The molecule has 0 aliphatic heterocycles. The van der Waals surface area contributed by atoms with E-state index in [4.69, 9.17) is 5.73 Å². The Labute approximate surface area is 82.1 Å². The first-order chi connectivity index (χ1) is 6.56. The van der Waals surface area contributed by atoms with E-state index in [0.717, 1.165) is 16.8 Å². The quantitative estimate of drug-likeness (QED) is 0.700. The first-order valence-corrected chi connectivity index (χ1v) is 4.17. The average molecular weight is 192 g/mol. The minimum atomic E-state index is -0.464. The van der Waals surface area contributed by atoms with Crippen molar-refractivity contribution in [2.75, 3.05) is 5.32 Å². The number of carbonyl (C=O) groups excluding carboxylic acids is 2. The molecule has 0 fully saturated rings. The molecule has 1 aromatic carbocycles. The summed E-state index contributed by atoms with van der Waals surface area (Å²) in [5.74, 6) is -0.464. The van der Waals surface area contributed by atoms with Crippen LogP contribution in [-0.2, 0) is 4.79 Å². The molecule has 0 aliphatic rings. The van der Waals surface area contributed by atoms with Crippen molar-refractivity contribution in [3.63, 3.8) is 0 Å². The van der Waals surface area contributed by atoms with E-state index < -0.39 is 5.91 Å². The molecule has 0 radical (unpaired) electrons. The number of nitrogens with two attached hydrogens (primary N) is 1. The number of benzene rings is 1. The van der Waals surface area contributed by atoms with Crippen molar-refractivity contribution in [2.24, 2.45) is 5.73 Å². The van der Waals surface area contributed by atoms with Gasteiger partial charge in [0.1, 0.15) is 0 Å². The fraction of sp³-hybridized carbons (Fsp3) is 0.200. The second-order valence-electron chi connectivity index (χ2n) is 3.11. The van der Waals surface area contributed by atoms with Crippen molar-refractivity contribution in [3.8, 4) is 0 Å². The van der Waals surface area contributed by atoms with Gasteiger partial charge in [0.05, 0.1) is 0 Å². The van der Waals surface area contributed by atoms with Crippen LogP contribution in [0.3, 0.4) is 0 Å². The highest BCUT2D eigenvalue weighted by Crippen LogP contribution is 2.21. The lowest BCUT2D eigenvalue weighted by Crippen LogP contribution is -2.12. The van der Waals surface area contributed by atoms with Crippen molar-refractivity contribution in [1.82, 2.24) is 0 Å². The molecule has 74 valence electrons. The lowest BCUT2D eigenvalue weighted by molar-refractivity contribution is -0.105. The van der Waals surface area contributed by atoms with Gasteiger partial charge in [-0.25, -0.2) is 0 Å². The van der Waals surface area contributed by atoms with Gasteiger partial charge in [-0.3, -0.25) is 9.59 Å². The summed E-state index contributed by atoms with van der Waals surface area (Å²) < 4.78 is 0. The Morgan fingerprint density at radius 1 is 1.36 bits per heavy atom. The molecule has 0 saturated carbocycles. The molecular weight excluding hydrogens is 180 g/mol. The summed E-state index contributed by atoms with van der Waals surface area (Å²) in [6, 6.07) is 3.31. The van der Waals surface area contributed by atoms with Crippen LogP contribution in [0.25, 0.3) is 0 Å². The molecule has 1 aromatic rings. The maximum Gasteiger partial charge on any atom is 0.248 e. The largest absolute Gasteiger partial charge is 0.366 e. The molecule has 0 heterocycles. The van der Waals surface area contributed by atoms with Crippen LogP contribution in [-0.4, -0.2) is 12.3 Å². The highest BCUT2D eigenvalue weighted by atomic mass is 16.1. The summed E-state index contributed by atoms with van der Waals surface area (Å²) in [6.45, 7) is 3.62. The van der Waals surface area contributed by atoms with Crippen LogP contribution < -0.4 is 11.1 Å². The summed E-state index contributed by atoms with van der Waals surface area (Å²) in [7, 11) is 0. The topological polar surface area (TPSA) is 72.2 Å². The molecule has 3 N–H and O–H groups in total. The van der Waals surface area contributed by atoms with Gasteiger partial charge >= 0.3 is 0 Å². The molecule has 0 bridgehead atoms. The van der Waals surface area contributed by atoms with Gasteiger partial charge in [0.2, 0.25) is 12.3 Å². The van der Waals surface area contributed by atoms with Crippen molar-refractivity contribution < 1.29 is 9.59 Å². The standard InChI is InChI=1S/C10H12N2O2/c1-6-3-8(10(11)14)4-7(2)9(6)12-5-13/h3-5H,1-2H3,(H2,11,14)(H,12,13). The second kappa shape index (κ2) is 3.91. The number of aryl methyl sites for hydroxylation is 2. The Hall–Kier alpha value is -1.84. The summed E-state index contributed by atoms with van der Waals surface area (Å²) >= 11 is 0. The Kier molecular flexibility index (Phi) is 2.86. The zero-order valence-corrected chi connectivity index (χ0v) is 8.13. The number of amides is 2. The maximum atomic E-state index is 10.9. The van der Waals surface area contributed by atoms with E-state index in [-0.39, 0.29) is 0 Å². The molecule has 4 heteroatoms. The third-order valence-corrected chi connectivity index (χ3v) is 2.02. The van der Waals surface area contributed by atoms with E-state index in [0.29, 0.717) is 12.0 Å². The Morgan fingerprint density at radius 2 is 1.86 bits per heavy atom. The van der Waals surface area contributed by atoms with E-state index in [1.165, 1.54) is 0 Å². The van der Waals surface area contributed by atoms with Gasteiger partial charge in [0.15, 0.2) is 0 Å². The van der Waals surface area contributed by atoms with Crippen LogP contribution >= 0.6 is 0 Å². The molecule has 0 aromatic heterocycles. The van der Waals surface area contributed by atoms with Crippen LogP contribution in [0, 0.1) is 13.8 Å². The highest BCUT2D eigenvalue weighted by molar-refractivity contribution is 5.94. The monoisotopic (exact) mass is 192 g/mol. The lowest BCUT2D eigenvalue weighted by atomic mass is 10.0. The molecule has 0 spiro atoms. The van der Waals surface area contributed by atoms with E-state index >= 15 is 0 Å². The summed E-state index contributed by atoms with van der Waals surface area (Å²) in [6.07, 6.45) is 0.610. The Balaban J connectivity index is 3.24. The number of hydrogen-bond acceptors (Lipinski definition) is 2. The van der Waals surface area contributed by atoms with E-state index in [9.17, 15) is 9.59 Å². The SMILES string of the molecule is Cc1cc(C(N)=O)cc(C)c1NC=O. The van der Waals surface area contributed by atoms with Gasteiger partial charge in [-0.1, -0.05) is 0 Å². The smallest absolute Gasteiger partial charge is 0.248 e. The normalized spacial score (nSPS) is 9.57. The van der Waals surface area contributed by atoms with Gasteiger partial charge in [0, 0.05) is 11.3 Å². The molecular formula is C10H12N2O2.